The van der Waals surface area contributed by atoms with Crippen LogP contribution in [0.5, 0.6) is 0 Å². The smallest absolute Gasteiger partial charge is 0.127 e. The molecule has 0 unspecified atom stereocenters. The minimum atomic E-state index is -0.970. The van der Waals surface area contributed by atoms with E-state index in [9.17, 15) is 4.39 Å². The Bertz CT molecular complexity index is 147. The zero-order valence-electron chi connectivity index (χ0n) is 5.56. The van der Waals surface area contributed by atoms with Gasteiger partial charge in [0.05, 0.1) is 6.61 Å². The Morgan fingerprint density at radius 2 is 2.10 bits per heavy atom. The number of halogens is 2. The van der Waals surface area contributed by atoms with Crippen molar-refractivity contribution in [2.24, 2.45) is 0 Å². The minimum Gasteiger partial charge on any atom is -0.394 e. The quantitative estimate of drug-likeness (QED) is 0.587. The van der Waals surface area contributed by atoms with Gasteiger partial charge in [-0.25, -0.2) is 4.39 Å². The number of nitrogens with one attached hydrogen (secondary N) is 1. The van der Waals surface area contributed by atoms with Gasteiger partial charge in [-0.1, -0.05) is 0 Å². The molecule has 2 N–H and O–H groups in total. The van der Waals surface area contributed by atoms with Crippen molar-refractivity contribution < 1.29 is 9.50 Å². The van der Waals surface area contributed by atoms with E-state index in [-0.39, 0.29) is 24.6 Å². The maximum Gasteiger partial charge on any atom is 0.127 e. The lowest BCUT2D eigenvalue weighted by molar-refractivity contribution is 0.0235. The molecular weight excluding hydrogens is 157 g/mol. The molecule has 2 saturated heterocycles. The molecule has 3 rings (SSSR count). The van der Waals surface area contributed by atoms with E-state index in [1.165, 1.54) is 0 Å². The van der Waals surface area contributed by atoms with Crippen LogP contribution in [-0.2, 0) is 0 Å². The van der Waals surface area contributed by atoms with Crippen molar-refractivity contribution >= 4 is 12.4 Å². The SMILES string of the molecule is Cl.OCC12CC(F)(CN1)C2. The number of rotatable bonds is 1. The Morgan fingerprint density at radius 1 is 1.50 bits per heavy atom. The van der Waals surface area contributed by atoms with Crippen molar-refractivity contribution in [1.29, 1.82) is 0 Å². The zero-order valence-corrected chi connectivity index (χ0v) is 6.38. The molecule has 0 aromatic heterocycles. The number of hydrogen-bond acceptors (Lipinski definition) is 2. The van der Waals surface area contributed by atoms with Gasteiger partial charge in [0.25, 0.3) is 0 Å². The molecule has 0 aromatic carbocycles. The largest absolute Gasteiger partial charge is 0.394 e. The van der Waals surface area contributed by atoms with Gasteiger partial charge < -0.3 is 10.4 Å². The van der Waals surface area contributed by atoms with Crippen LogP contribution in [0.3, 0.4) is 0 Å². The van der Waals surface area contributed by atoms with Gasteiger partial charge >= 0.3 is 0 Å². The molecule has 1 saturated carbocycles. The molecule has 3 fully saturated rings. The fourth-order valence-corrected chi connectivity index (χ4v) is 1.92. The highest BCUT2D eigenvalue weighted by Gasteiger charge is 2.61. The van der Waals surface area contributed by atoms with Crippen LogP contribution in [0.25, 0.3) is 0 Å². The predicted molar refractivity (Wildman–Crippen MR) is 38.1 cm³/mol. The monoisotopic (exact) mass is 167 g/mol. The molecule has 2 heterocycles. The highest BCUT2D eigenvalue weighted by molar-refractivity contribution is 5.85. The highest BCUT2D eigenvalue weighted by atomic mass is 35.5. The van der Waals surface area contributed by atoms with Crippen LogP contribution in [0.2, 0.25) is 0 Å². The molecule has 3 aliphatic rings. The van der Waals surface area contributed by atoms with Crippen LogP contribution in [0.1, 0.15) is 12.8 Å². The Hall–Kier alpha value is 0.140. The Balaban J connectivity index is 0.000000500. The summed E-state index contributed by atoms with van der Waals surface area (Å²) in [6, 6.07) is 0. The zero-order chi connectivity index (χ0) is 6.54. The van der Waals surface area contributed by atoms with Crippen molar-refractivity contribution in [1.82, 2.24) is 5.32 Å². The van der Waals surface area contributed by atoms with Gasteiger partial charge in [-0.15, -0.1) is 12.4 Å². The first-order valence-corrected chi connectivity index (χ1v) is 3.23. The summed E-state index contributed by atoms with van der Waals surface area (Å²) < 4.78 is 12.9. The van der Waals surface area contributed by atoms with E-state index in [0.29, 0.717) is 19.4 Å². The molecular formula is C6H11ClFNO. The molecule has 0 atom stereocenters. The van der Waals surface area contributed by atoms with E-state index in [2.05, 4.69) is 5.32 Å². The molecule has 2 aliphatic heterocycles. The molecule has 4 heteroatoms. The Labute approximate surface area is 65.2 Å². The third-order valence-corrected chi connectivity index (χ3v) is 2.39. The third-order valence-electron chi connectivity index (χ3n) is 2.39. The number of hydrogen-bond donors (Lipinski definition) is 2. The van der Waals surface area contributed by atoms with E-state index in [4.69, 9.17) is 5.11 Å². The lowest BCUT2D eigenvalue weighted by atomic mass is 9.72. The summed E-state index contributed by atoms with van der Waals surface area (Å²) >= 11 is 0. The number of aliphatic hydroxyl groups is 1. The van der Waals surface area contributed by atoms with Gasteiger partial charge in [-0.2, -0.15) is 0 Å². The van der Waals surface area contributed by atoms with E-state index in [1.807, 2.05) is 0 Å². The molecule has 2 nitrogen and oxygen atoms in total. The normalized spacial score (nSPS) is 49.8. The van der Waals surface area contributed by atoms with Gasteiger partial charge in [0.15, 0.2) is 0 Å². The summed E-state index contributed by atoms with van der Waals surface area (Å²) in [7, 11) is 0. The van der Waals surface area contributed by atoms with Crippen molar-refractivity contribution in [3.63, 3.8) is 0 Å². The molecule has 60 valence electrons. The summed E-state index contributed by atoms with van der Waals surface area (Å²) in [5.41, 5.74) is -1.20. The second-order valence-electron chi connectivity index (χ2n) is 3.30. The van der Waals surface area contributed by atoms with Crippen molar-refractivity contribution in [2.75, 3.05) is 13.2 Å². The van der Waals surface area contributed by atoms with Gasteiger partial charge in [0, 0.05) is 24.9 Å². The molecule has 0 aromatic rings. The average Bonchev–Trinajstić information content (AvgIpc) is 2.20. The van der Waals surface area contributed by atoms with Crippen LogP contribution >= 0.6 is 12.4 Å². The van der Waals surface area contributed by atoms with Gasteiger partial charge in [-0.05, 0) is 0 Å². The first-order chi connectivity index (χ1) is 4.18. The minimum absolute atomic E-state index is 0. The van der Waals surface area contributed by atoms with Crippen LogP contribution in [0.4, 0.5) is 4.39 Å². The number of alkyl halides is 1. The van der Waals surface area contributed by atoms with Crippen LogP contribution in [0, 0.1) is 0 Å². The number of aliphatic hydroxyl groups excluding tert-OH is 1. The van der Waals surface area contributed by atoms with E-state index < -0.39 is 5.67 Å². The van der Waals surface area contributed by atoms with Crippen LogP contribution in [0.15, 0.2) is 0 Å². The first kappa shape index (κ1) is 8.24. The summed E-state index contributed by atoms with van der Waals surface area (Å²) in [4.78, 5) is 0. The van der Waals surface area contributed by atoms with Crippen LogP contribution < -0.4 is 5.32 Å². The lowest BCUT2D eigenvalue weighted by Gasteiger charge is -2.39. The molecule has 0 radical (unpaired) electrons. The summed E-state index contributed by atoms with van der Waals surface area (Å²) in [5, 5.41) is 11.7. The Kier molecular flexibility index (Phi) is 1.70. The average molecular weight is 168 g/mol. The third kappa shape index (κ3) is 0.847. The number of fused-ring (bicyclic) bond motifs is 1. The van der Waals surface area contributed by atoms with Crippen molar-refractivity contribution in [3.8, 4) is 0 Å². The lowest BCUT2D eigenvalue weighted by Crippen LogP contribution is -2.51. The summed E-state index contributed by atoms with van der Waals surface area (Å²) in [6.45, 7) is 0.520. The van der Waals surface area contributed by atoms with E-state index in [0.717, 1.165) is 0 Å². The van der Waals surface area contributed by atoms with E-state index in [1.54, 1.807) is 0 Å². The molecule has 1 aliphatic carbocycles. The summed E-state index contributed by atoms with van der Waals surface area (Å²) in [5.74, 6) is 0. The highest BCUT2D eigenvalue weighted by Crippen LogP contribution is 2.49. The fraction of sp³-hybridized carbons (Fsp3) is 1.00. The summed E-state index contributed by atoms with van der Waals surface area (Å²) in [6.07, 6.45) is 1.02. The van der Waals surface area contributed by atoms with Crippen molar-refractivity contribution in [3.05, 3.63) is 0 Å². The molecule has 2 bridgehead atoms. The topological polar surface area (TPSA) is 32.3 Å². The predicted octanol–water partition coefficient (Wildman–Crippen LogP) is 0.245. The van der Waals surface area contributed by atoms with Crippen LogP contribution in [-0.4, -0.2) is 29.5 Å². The van der Waals surface area contributed by atoms with E-state index >= 15 is 0 Å². The van der Waals surface area contributed by atoms with Gasteiger partial charge in [0.1, 0.15) is 5.67 Å². The first-order valence-electron chi connectivity index (χ1n) is 3.23. The van der Waals surface area contributed by atoms with Gasteiger partial charge in [0.2, 0.25) is 0 Å². The second kappa shape index (κ2) is 2.06. The van der Waals surface area contributed by atoms with Gasteiger partial charge in [-0.3, -0.25) is 0 Å². The standard InChI is InChI=1S/C6H10FNO.ClH/c7-5-1-6(2-5,4-9)8-3-5;/h8-9H,1-4H2;1H. The molecule has 0 spiro atoms. The maximum absolute atomic E-state index is 12.9. The maximum atomic E-state index is 12.9. The second-order valence-corrected chi connectivity index (χ2v) is 3.30. The molecule has 10 heavy (non-hydrogen) atoms. The van der Waals surface area contributed by atoms with Crippen molar-refractivity contribution in [2.45, 2.75) is 24.0 Å². The fourth-order valence-electron chi connectivity index (χ4n) is 1.92. The Morgan fingerprint density at radius 3 is 2.30 bits per heavy atom. The molecule has 0 amide bonds.